The molecule has 0 saturated carbocycles. The Kier molecular flexibility index (Phi) is 3.25. The van der Waals surface area contributed by atoms with Crippen LogP contribution in [0.25, 0.3) is 0 Å². The lowest BCUT2D eigenvalue weighted by atomic mass is 10.1. The van der Waals surface area contributed by atoms with E-state index in [1.54, 1.807) is 12.1 Å². The van der Waals surface area contributed by atoms with Crippen molar-refractivity contribution >= 4 is 21.7 Å². The second-order valence-electron chi connectivity index (χ2n) is 5.32. The summed E-state index contributed by atoms with van der Waals surface area (Å²) in [6.45, 7) is 3.27. The summed E-state index contributed by atoms with van der Waals surface area (Å²) in [5.41, 5.74) is 1.59. The molecule has 0 radical (unpaired) electrons. The smallest absolute Gasteiger partial charge is 0.371 e. The maximum atomic E-state index is 12.9. The Bertz CT molecular complexity index is 853. The largest absolute Gasteiger partial charge is 0.475 e. The average Bonchev–Trinajstić information content (AvgIpc) is 2.98. The molecule has 116 valence electrons. The van der Waals surface area contributed by atoms with Crippen molar-refractivity contribution in [3.05, 3.63) is 47.4 Å². The fourth-order valence-corrected chi connectivity index (χ4v) is 4.69. The zero-order chi connectivity index (χ0) is 16.1. The van der Waals surface area contributed by atoms with Gasteiger partial charge in [-0.2, -0.15) is 0 Å². The number of carboxylic acid groups (broad SMARTS) is 1. The Morgan fingerprint density at radius 1 is 1.36 bits per heavy atom. The number of aryl methyl sites for hydroxylation is 1. The van der Waals surface area contributed by atoms with Gasteiger partial charge >= 0.3 is 5.97 Å². The van der Waals surface area contributed by atoms with Crippen LogP contribution in [0.15, 0.2) is 39.6 Å². The van der Waals surface area contributed by atoms with Gasteiger partial charge in [0.1, 0.15) is 10.7 Å². The SMILES string of the molecule is Cc1oc(C(=O)O)cc1S(=O)(=O)N1c2ccccc2C[C@@H]1C. The van der Waals surface area contributed by atoms with E-state index < -0.39 is 16.0 Å². The van der Waals surface area contributed by atoms with Gasteiger partial charge in [-0.1, -0.05) is 18.2 Å². The summed E-state index contributed by atoms with van der Waals surface area (Å²) < 4.78 is 32.3. The molecule has 1 N–H and O–H groups in total. The molecule has 1 aliphatic heterocycles. The number of benzene rings is 1. The van der Waals surface area contributed by atoms with E-state index in [2.05, 4.69) is 0 Å². The lowest BCUT2D eigenvalue weighted by Gasteiger charge is -2.23. The number of hydrogen-bond acceptors (Lipinski definition) is 4. The highest BCUT2D eigenvalue weighted by molar-refractivity contribution is 7.93. The van der Waals surface area contributed by atoms with Crippen LogP contribution in [0.5, 0.6) is 0 Å². The van der Waals surface area contributed by atoms with Crippen LogP contribution < -0.4 is 4.31 Å². The van der Waals surface area contributed by atoms with Gasteiger partial charge in [0, 0.05) is 12.1 Å². The molecule has 1 aliphatic rings. The zero-order valence-corrected chi connectivity index (χ0v) is 12.9. The molecule has 22 heavy (non-hydrogen) atoms. The lowest BCUT2D eigenvalue weighted by Crippen LogP contribution is -2.35. The van der Waals surface area contributed by atoms with E-state index in [0.29, 0.717) is 12.1 Å². The van der Waals surface area contributed by atoms with Gasteiger partial charge in [-0.05, 0) is 31.9 Å². The first-order valence-corrected chi connectivity index (χ1v) is 8.22. The van der Waals surface area contributed by atoms with Gasteiger partial charge in [0.2, 0.25) is 5.76 Å². The van der Waals surface area contributed by atoms with Crippen molar-refractivity contribution in [1.29, 1.82) is 0 Å². The fraction of sp³-hybridized carbons (Fsp3) is 0.267. The minimum absolute atomic E-state index is 0.0778. The van der Waals surface area contributed by atoms with E-state index in [1.165, 1.54) is 11.2 Å². The van der Waals surface area contributed by atoms with Crippen LogP contribution >= 0.6 is 0 Å². The average molecular weight is 321 g/mol. The van der Waals surface area contributed by atoms with Crippen LogP contribution in [0.2, 0.25) is 0 Å². The molecule has 0 bridgehead atoms. The van der Waals surface area contributed by atoms with Crippen molar-refractivity contribution in [2.24, 2.45) is 0 Å². The summed E-state index contributed by atoms with van der Waals surface area (Å²) in [4.78, 5) is 10.9. The molecular formula is C15H15NO5S. The van der Waals surface area contributed by atoms with Gasteiger partial charge in [-0.25, -0.2) is 13.2 Å². The van der Waals surface area contributed by atoms with Gasteiger partial charge in [-0.15, -0.1) is 0 Å². The summed E-state index contributed by atoms with van der Waals surface area (Å²) in [6, 6.07) is 8.14. The third kappa shape index (κ3) is 2.09. The first-order valence-electron chi connectivity index (χ1n) is 6.78. The van der Waals surface area contributed by atoms with Gasteiger partial charge in [0.15, 0.2) is 0 Å². The monoisotopic (exact) mass is 321 g/mol. The molecule has 0 fully saturated rings. The Labute approximate surface area is 128 Å². The highest BCUT2D eigenvalue weighted by Crippen LogP contribution is 2.37. The Morgan fingerprint density at radius 3 is 2.68 bits per heavy atom. The predicted molar refractivity (Wildman–Crippen MR) is 79.7 cm³/mol. The third-order valence-electron chi connectivity index (χ3n) is 3.76. The van der Waals surface area contributed by atoms with Crippen molar-refractivity contribution in [2.75, 3.05) is 4.31 Å². The standard InChI is InChI=1S/C15H15NO5S/c1-9-7-11-5-3-4-6-12(11)16(9)22(19,20)14-8-13(15(17)18)21-10(14)2/h3-6,8-9H,7H2,1-2H3,(H,17,18)/t9-/m0/s1. The molecule has 2 heterocycles. The summed E-state index contributed by atoms with van der Waals surface area (Å²) >= 11 is 0. The molecule has 0 saturated heterocycles. The topological polar surface area (TPSA) is 87.8 Å². The fourth-order valence-electron chi connectivity index (χ4n) is 2.84. The van der Waals surface area contributed by atoms with Gasteiger partial charge in [-0.3, -0.25) is 4.31 Å². The number of carboxylic acids is 1. The van der Waals surface area contributed by atoms with Crippen LogP contribution in [0.4, 0.5) is 5.69 Å². The Morgan fingerprint density at radius 2 is 2.05 bits per heavy atom. The number of rotatable bonds is 3. The van der Waals surface area contributed by atoms with E-state index in [9.17, 15) is 13.2 Å². The first kappa shape index (κ1) is 14.6. The van der Waals surface area contributed by atoms with E-state index in [-0.39, 0.29) is 22.5 Å². The Balaban J connectivity index is 2.13. The number of aromatic carboxylic acids is 1. The van der Waals surface area contributed by atoms with Crippen molar-refractivity contribution in [3.63, 3.8) is 0 Å². The molecule has 0 aliphatic carbocycles. The number of carbonyl (C=O) groups is 1. The highest BCUT2D eigenvalue weighted by Gasteiger charge is 2.38. The second-order valence-corrected chi connectivity index (χ2v) is 7.10. The van der Waals surface area contributed by atoms with Crippen molar-refractivity contribution in [1.82, 2.24) is 0 Å². The Hall–Kier alpha value is -2.28. The summed E-state index contributed by atoms with van der Waals surface area (Å²) in [5, 5.41) is 8.96. The van der Waals surface area contributed by atoms with Crippen molar-refractivity contribution in [2.45, 2.75) is 31.2 Å². The first-order chi connectivity index (χ1) is 10.3. The number of furan rings is 1. The molecule has 7 heteroatoms. The summed E-state index contributed by atoms with van der Waals surface area (Å²) in [5.74, 6) is -1.59. The van der Waals surface area contributed by atoms with Gasteiger partial charge < -0.3 is 9.52 Å². The number of fused-ring (bicyclic) bond motifs is 1. The van der Waals surface area contributed by atoms with Crippen LogP contribution in [0.1, 0.15) is 28.8 Å². The number of hydrogen-bond donors (Lipinski definition) is 1. The van der Waals surface area contributed by atoms with E-state index >= 15 is 0 Å². The van der Waals surface area contributed by atoms with E-state index in [1.807, 2.05) is 19.1 Å². The van der Waals surface area contributed by atoms with Crippen LogP contribution in [-0.2, 0) is 16.4 Å². The normalized spacial score (nSPS) is 17.5. The van der Waals surface area contributed by atoms with Crippen LogP contribution in [-0.4, -0.2) is 25.5 Å². The zero-order valence-electron chi connectivity index (χ0n) is 12.1. The van der Waals surface area contributed by atoms with E-state index in [4.69, 9.17) is 9.52 Å². The van der Waals surface area contributed by atoms with Gasteiger partial charge in [0.25, 0.3) is 10.0 Å². The minimum Gasteiger partial charge on any atom is -0.475 e. The van der Waals surface area contributed by atoms with Gasteiger partial charge in [0.05, 0.1) is 5.69 Å². The lowest BCUT2D eigenvalue weighted by molar-refractivity contribution is 0.0661. The minimum atomic E-state index is -3.87. The highest BCUT2D eigenvalue weighted by atomic mass is 32.2. The molecule has 0 unspecified atom stereocenters. The molecule has 1 aromatic carbocycles. The van der Waals surface area contributed by atoms with Crippen molar-refractivity contribution in [3.8, 4) is 0 Å². The number of para-hydroxylation sites is 1. The van der Waals surface area contributed by atoms with Crippen LogP contribution in [0.3, 0.4) is 0 Å². The second kappa shape index (κ2) is 4.88. The summed E-state index contributed by atoms with van der Waals surface area (Å²) in [7, 11) is -3.87. The van der Waals surface area contributed by atoms with Crippen LogP contribution in [0, 0.1) is 6.92 Å². The predicted octanol–water partition coefficient (Wildman–Crippen LogP) is 2.43. The molecule has 6 nitrogen and oxygen atoms in total. The number of sulfonamides is 1. The molecule has 1 aromatic heterocycles. The van der Waals surface area contributed by atoms with Crippen molar-refractivity contribution < 1.29 is 22.7 Å². The maximum absolute atomic E-state index is 12.9. The molecule has 2 aromatic rings. The summed E-state index contributed by atoms with van der Waals surface area (Å²) in [6.07, 6.45) is 0.623. The molecule has 0 amide bonds. The maximum Gasteiger partial charge on any atom is 0.371 e. The van der Waals surface area contributed by atoms with E-state index in [0.717, 1.165) is 11.6 Å². The molecule has 3 rings (SSSR count). The number of nitrogens with zero attached hydrogens (tertiary/aromatic N) is 1. The third-order valence-corrected chi connectivity index (χ3v) is 5.80. The number of anilines is 1. The molecule has 0 spiro atoms. The molecule has 1 atom stereocenters. The molecular weight excluding hydrogens is 306 g/mol. The quantitative estimate of drug-likeness (QED) is 0.938.